The Bertz CT molecular complexity index is 675. The van der Waals surface area contributed by atoms with Crippen LogP contribution in [0.2, 0.25) is 0 Å². The normalized spacial score (nSPS) is 15.5. The molecule has 1 fully saturated rings. The van der Waals surface area contributed by atoms with Crippen LogP contribution in [-0.4, -0.2) is 46.3 Å². The molecule has 0 aliphatic carbocycles. The zero-order valence-corrected chi connectivity index (χ0v) is 13.9. The molecule has 7 nitrogen and oxygen atoms in total. The number of hydrogen-bond acceptors (Lipinski definition) is 5. The Morgan fingerprint density at radius 1 is 1.21 bits per heavy atom. The molecule has 3 N–H and O–H groups in total. The second-order valence-corrected chi connectivity index (χ2v) is 6.13. The fraction of sp³-hybridized carbons (Fsp3) is 0.529. The molecule has 130 valence electrons. The molecule has 7 heteroatoms. The lowest BCUT2D eigenvalue weighted by atomic mass is 10.1. The van der Waals surface area contributed by atoms with E-state index in [9.17, 15) is 4.79 Å². The third kappa shape index (κ3) is 5.21. The maximum absolute atomic E-state index is 11.0. The van der Waals surface area contributed by atoms with Gasteiger partial charge in [0.05, 0.1) is 6.54 Å². The van der Waals surface area contributed by atoms with Crippen molar-refractivity contribution in [3.63, 3.8) is 0 Å². The highest BCUT2D eigenvalue weighted by atomic mass is 16.5. The number of piperidine rings is 1. The first-order valence-corrected chi connectivity index (χ1v) is 8.58. The Labute approximate surface area is 141 Å². The smallest absolute Gasteiger partial charge is 0.340 e. The van der Waals surface area contributed by atoms with Crippen molar-refractivity contribution >= 4 is 0 Å². The van der Waals surface area contributed by atoms with Gasteiger partial charge in [0, 0.05) is 13.1 Å². The summed E-state index contributed by atoms with van der Waals surface area (Å²) in [5.74, 6) is 1.51. The quantitative estimate of drug-likeness (QED) is 0.678. The van der Waals surface area contributed by atoms with E-state index in [1.165, 1.54) is 32.4 Å². The van der Waals surface area contributed by atoms with E-state index in [0.717, 1.165) is 24.5 Å². The summed E-state index contributed by atoms with van der Waals surface area (Å²) < 4.78 is 5.88. The van der Waals surface area contributed by atoms with Crippen LogP contribution in [0.1, 0.15) is 30.7 Å². The van der Waals surface area contributed by atoms with Gasteiger partial charge in [0.2, 0.25) is 0 Å². The summed E-state index contributed by atoms with van der Waals surface area (Å²) in [6.45, 7) is 5.32. The SMILES string of the molecule is O=c1[nH]nc(CNCc2cccc(OCCN3CCCCC3)c2)[nH]1. The fourth-order valence-corrected chi connectivity index (χ4v) is 2.94. The largest absolute Gasteiger partial charge is 0.492 e. The molecule has 0 atom stereocenters. The van der Waals surface area contributed by atoms with Gasteiger partial charge in [-0.2, -0.15) is 5.10 Å². The van der Waals surface area contributed by atoms with Crippen molar-refractivity contribution in [1.29, 1.82) is 0 Å². The predicted octanol–water partition coefficient (Wildman–Crippen LogP) is 1.25. The molecule has 0 bridgehead atoms. The van der Waals surface area contributed by atoms with E-state index in [1.807, 2.05) is 12.1 Å². The highest BCUT2D eigenvalue weighted by Crippen LogP contribution is 2.14. The van der Waals surface area contributed by atoms with Crippen molar-refractivity contribution in [2.24, 2.45) is 0 Å². The number of nitrogens with one attached hydrogen (secondary N) is 3. The minimum atomic E-state index is -0.282. The second kappa shape index (κ2) is 8.65. The van der Waals surface area contributed by atoms with Crippen LogP contribution in [0.3, 0.4) is 0 Å². The van der Waals surface area contributed by atoms with Gasteiger partial charge in [0.1, 0.15) is 18.2 Å². The summed E-state index contributed by atoms with van der Waals surface area (Å²) in [6, 6.07) is 8.10. The first-order valence-electron chi connectivity index (χ1n) is 8.58. The van der Waals surface area contributed by atoms with Crippen LogP contribution < -0.4 is 15.7 Å². The van der Waals surface area contributed by atoms with E-state index in [0.29, 0.717) is 18.9 Å². The lowest BCUT2D eigenvalue weighted by molar-refractivity contribution is 0.183. The van der Waals surface area contributed by atoms with Gasteiger partial charge in [-0.3, -0.25) is 9.88 Å². The average molecular weight is 331 g/mol. The molecule has 1 aromatic heterocycles. The van der Waals surface area contributed by atoms with E-state index >= 15 is 0 Å². The van der Waals surface area contributed by atoms with Gasteiger partial charge in [-0.15, -0.1) is 0 Å². The topological polar surface area (TPSA) is 86.0 Å². The van der Waals surface area contributed by atoms with E-state index < -0.39 is 0 Å². The highest BCUT2D eigenvalue weighted by molar-refractivity contribution is 5.28. The van der Waals surface area contributed by atoms with Crippen LogP contribution in [-0.2, 0) is 13.1 Å². The molecule has 0 unspecified atom stereocenters. The Kier molecular flexibility index (Phi) is 6.03. The van der Waals surface area contributed by atoms with Crippen LogP contribution in [0.15, 0.2) is 29.1 Å². The molecule has 1 aliphatic heterocycles. The van der Waals surface area contributed by atoms with Gasteiger partial charge in [-0.25, -0.2) is 9.89 Å². The maximum Gasteiger partial charge on any atom is 0.340 e. The Morgan fingerprint density at radius 3 is 2.88 bits per heavy atom. The molecule has 1 aromatic carbocycles. The molecule has 1 aliphatic rings. The summed E-state index contributed by atoms with van der Waals surface area (Å²) in [7, 11) is 0. The summed E-state index contributed by atoms with van der Waals surface area (Å²) >= 11 is 0. The predicted molar refractivity (Wildman–Crippen MR) is 92.0 cm³/mol. The molecule has 0 radical (unpaired) electrons. The zero-order chi connectivity index (χ0) is 16.6. The van der Waals surface area contributed by atoms with Gasteiger partial charge in [-0.1, -0.05) is 18.6 Å². The van der Waals surface area contributed by atoms with Crippen LogP contribution in [0, 0.1) is 0 Å². The molecule has 2 aromatic rings. The second-order valence-electron chi connectivity index (χ2n) is 6.13. The Balaban J connectivity index is 1.40. The van der Waals surface area contributed by atoms with Crippen molar-refractivity contribution in [1.82, 2.24) is 25.4 Å². The molecular weight excluding hydrogens is 306 g/mol. The van der Waals surface area contributed by atoms with Crippen molar-refractivity contribution in [3.8, 4) is 5.75 Å². The molecular formula is C17H25N5O2. The Morgan fingerprint density at radius 2 is 2.08 bits per heavy atom. The van der Waals surface area contributed by atoms with E-state index in [2.05, 4.69) is 37.5 Å². The van der Waals surface area contributed by atoms with E-state index in [4.69, 9.17) is 4.74 Å². The van der Waals surface area contributed by atoms with E-state index in [1.54, 1.807) is 0 Å². The zero-order valence-electron chi connectivity index (χ0n) is 13.9. The standard InChI is InChI=1S/C17H25N5O2/c23-17-19-16(20-21-17)13-18-12-14-5-4-6-15(11-14)24-10-9-22-7-2-1-3-8-22/h4-6,11,18H,1-3,7-10,12-13H2,(H2,19,20,21,23). The molecule has 24 heavy (non-hydrogen) atoms. The van der Waals surface area contributed by atoms with Gasteiger partial charge in [0.25, 0.3) is 0 Å². The summed E-state index contributed by atoms with van der Waals surface area (Å²) in [5, 5.41) is 9.47. The van der Waals surface area contributed by atoms with Gasteiger partial charge in [-0.05, 0) is 43.6 Å². The number of rotatable bonds is 8. The lowest BCUT2D eigenvalue weighted by Crippen LogP contribution is -2.33. The average Bonchev–Trinajstić information content (AvgIpc) is 3.02. The molecule has 3 rings (SSSR count). The summed E-state index contributed by atoms with van der Waals surface area (Å²) in [6.07, 6.45) is 3.98. The van der Waals surface area contributed by atoms with E-state index in [-0.39, 0.29) is 5.69 Å². The first-order chi connectivity index (χ1) is 11.8. The molecule has 1 saturated heterocycles. The number of aromatic amines is 2. The minimum absolute atomic E-state index is 0.282. The molecule has 0 spiro atoms. The number of likely N-dealkylation sites (tertiary alicyclic amines) is 1. The third-order valence-corrected chi connectivity index (χ3v) is 4.20. The van der Waals surface area contributed by atoms with Crippen molar-refractivity contribution in [2.45, 2.75) is 32.4 Å². The van der Waals surface area contributed by atoms with Crippen LogP contribution >= 0.6 is 0 Å². The van der Waals surface area contributed by atoms with Gasteiger partial charge >= 0.3 is 5.69 Å². The van der Waals surface area contributed by atoms with Crippen molar-refractivity contribution in [2.75, 3.05) is 26.2 Å². The van der Waals surface area contributed by atoms with Crippen LogP contribution in [0.25, 0.3) is 0 Å². The number of benzene rings is 1. The van der Waals surface area contributed by atoms with Crippen LogP contribution in [0.4, 0.5) is 0 Å². The number of ether oxygens (including phenoxy) is 1. The lowest BCUT2D eigenvalue weighted by Gasteiger charge is -2.26. The van der Waals surface area contributed by atoms with Crippen molar-refractivity contribution < 1.29 is 4.74 Å². The highest BCUT2D eigenvalue weighted by Gasteiger charge is 2.09. The maximum atomic E-state index is 11.0. The summed E-state index contributed by atoms with van der Waals surface area (Å²) in [4.78, 5) is 16.1. The van der Waals surface area contributed by atoms with Crippen molar-refractivity contribution in [3.05, 3.63) is 46.1 Å². The Hall–Kier alpha value is -2.12. The van der Waals surface area contributed by atoms with Gasteiger partial charge < -0.3 is 10.1 Å². The van der Waals surface area contributed by atoms with Crippen LogP contribution in [0.5, 0.6) is 5.75 Å². The number of H-pyrrole nitrogens is 2. The third-order valence-electron chi connectivity index (χ3n) is 4.20. The fourth-order valence-electron chi connectivity index (χ4n) is 2.94. The minimum Gasteiger partial charge on any atom is -0.492 e. The number of hydrogen-bond donors (Lipinski definition) is 3. The summed E-state index contributed by atoms with van der Waals surface area (Å²) in [5.41, 5.74) is 0.860. The van der Waals surface area contributed by atoms with Gasteiger partial charge in [0.15, 0.2) is 0 Å². The molecule has 2 heterocycles. The monoisotopic (exact) mass is 331 g/mol. The number of nitrogens with zero attached hydrogens (tertiary/aromatic N) is 2. The number of aromatic nitrogens is 3. The first kappa shape index (κ1) is 16.7. The molecule has 0 amide bonds. The molecule has 0 saturated carbocycles.